The average molecular weight is 302 g/mol. The third kappa shape index (κ3) is 2.80. The molecule has 110 valence electrons. The third-order valence-corrected chi connectivity index (χ3v) is 4.91. The van der Waals surface area contributed by atoms with Gasteiger partial charge in [-0.05, 0) is 18.2 Å². The molecule has 0 saturated carbocycles. The molecule has 2 aromatic rings. The van der Waals surface area contributed by atoms with Crippen LogP contribution in [0.15, 0.2) is 36.4 Å². The first kappa shape index (κ1) is 13.8. The number of thiophene rings is 1. The van der Waals surface area contributed by atoms with Crippen LogP contribution in [0.4, 0.5) is 16.4 Å². The quantitative estimate of drug-likeness (QED) is 0.906. The van der Waals surface area contributed by atoms with Crippen LogP contribution < -0.4 is 21.3 Å². The van der Waals surface area contributed by atoms with Gasteiger partial charge in [-0.3, -0.25) is 4.79 Å². The first-order chi connectivity index (χ1) is 10.1. The Morgan fingerprint density at radius 3 is 2.24 bits per heavy atom. The zero-order chi connectivity index (χ0) is 14.8. The van der Waals surface area contributed by atoms with Crippen molar-refractivity contribution in [3.8, 4) is 0 Å². The van der Waals surface area contributed by atoms with Crippen molar-refractivity contribution >= 4 is 33.6 Å². The number of rotatable bonds is 3. The Kier molecular flexibility index (Phi) is 3.70. The second kappa shape index (κ2) is 5.65. The highest BCUT2D eigenvalue weighted by Crippen LogP contribution is 2.32. The Morgan fingerprint density at radius 1 is 1.05 bits per heavy atom. The molecule has 6 heteroatoms. The molecule has 0 radical (unpaired) electrons. The van der Waals surface area contributed by atoms with E-state index in [4.69, 9.17) is 11.5 Å². The highest BCUT2D eigenvalue weighted by Gasteiger charge is 2.21. The van der Waals surface area contributed by atoms with E-state index in [1.807, 2.05) is 12.1 Å². The maximum atomic E-state index is 11.3. The van der Waals surface area contributed by atoms with Gasteiger partial charge < -0.3 is 21.3 Å². The number of benzene rings is 1. The summed E-state index contributed by atoms with van der Waals surface area (Å²) in [6, 6.07) is 12.2. The molecule has 1 aromatic heterocycles. The van der Waals surface area contributed by atoms with Crippen molar-refractivity contribution in [1.82, 2.24) is 0 Å². The number of primary amides is 1. The summed E-state index contributed by atoms with van der Waals surface area (Å²) in [7, 11) is 0. The summed E-state index contributed by atoms with van der Waals surface area (Å²) in [6.07, 6.45) is 0. The monoisotopic (exact) mass is 302 g/mol. The first-order valence-corrected chi connectivity index (χ1v) is 7.71. The van der Waals surface area contributed by atoms with E-state index in [2.05, 4.69) is 34.1 Å². The van der Waals surface area contributed by atoms with E-state index < -0.39 is 5.91 Å². The van der Waals surface area contributed by atoms with Crippen molar-refractivity contribution in [1.29, 1.82) is 0 Å². The second-order valence-electron chi connectivity index (χ2n) is 5.04. The Balaban J connectivity index is 1.68. The van der Waals surface area contributed by atoms with E-state index in [9.17, 15) is 4.79 Å². The van der Waals surface area contributed by atoms with Gasteiger partial charge >= 0.3 is 0 Å². The fraction of sp³-hybridized carbons (Fsp3) is 0.267. The highest BCUT2D eigenvalue weighted by atomic mass is 32.1. The van der Waals surface area contributed by atoms with Gasteiger partial charge in [-0.2, -0.15) is 0 Å². The minimum absolute atomic E-state index is 0.452. The van der Waals surface area contributed by atoms with Crippen LogP contribution in [0.25, 0.3) is 0 Å². The fourth-order valence-electron chi connectivity index (χ4n) is 2.56. The zero-order valence-corrected chi connectivity index (χ0v) is 12.5. The molecule has 4 N–H and O–H groups in total. The molecule has 0 bridgehead atoms. The highest BCUT2D eigenvalue weighted by molar-refractivity contribution is 7.18. The van der Waals surface area contributed by atoms with E-state index in [1.54, 1.807) is 0 Å². The van der Waals surface area contributed by atoms with E-state index in [0.717, 1.165) is 31.2 Å². The summed E-state index contributed by atoms with van der Waals surface area (Å²) in [4.78, 5) is 16.4. The van der Waals surface area contributed by atoms with E-state index >= 15 is 0 Å². The first-order valence-electron chi connectivity index (χ1n) is 6.89. The maximum absolute atomic E-state index is 11.3. The summed E-state index contributed by atoms with van der Waals surface area (Å²) in [5.41, 5.74) is 12.9. The number of nitrogen functional groups attached to an aromatic ring is 1. The summed E-state index contributed by atoms with van der Waals surface area (Å²) < 4.78 is 0. The summed E-state index contributed by atoms with van der Waals surface area (Å²) in [5, 5.41) is 1.02. The minimum atomic E-state index is -0.452. The zero-order valence-electron chi connectivity index (χ0n) is 11.7. The van der Waals surface area contributed by atoms with Gasteiger partial charge in [0.25, 0.3) is 5.91 Å². The molecule has 1 aliphatic rings. The number of anilines is 3. The topological polar surface area (TPSA) is 75.6 Å². The molecule has 0 spiro atoms. The molecule has 0 unspecified atom stereocenters. The number of hydrogen-bond donors (Lipinski definition) is 2. The summed E-state index contributed by atoms with van der Waals surface area (Å²) >= 11 is 1.38. The number of nitrogens with two attached hydrogens (primary N) is 2. The predicted molar refractivity (Wildman–Crippen MR) is 88.1 cm³/mol. The van der Waals surface area contributed by atoms with Gasteiger partial charge in [0.2, 0.25) is 0 Å². The predicted octanol–water partition coefficient (Wildman–Crippen LogP) is 1.76. The summed E-state index contributed by atoms with van der Waals surface area (Å²) in [6.45, 7) is 3.72. The normalized spacial score (nSPS) is 15.2. The van der Waals surface area contributed by atoms with Crippen molar-refractivity contribution in [3.63, 3.8) is 0 Å². The number of carbonyl (C=O) groups excluding carboxylic acids is 1. The van der Waals surface area contributed by atoms with E-state index in [1.165, 1.54) is 17.0 Å². The Morgan fingerprint density at radius 2 is 1.67 bits per heavy atom. The number of hydrogen-bond acceptors (Lipinski definition) is 5. The second-order valence-corrected chi connectivity index (χ2v) is 6.07. The van der Waals surface area contributed by atoms with Gasteiger partial charge in [0.1, 0.15) is 4.88 Å². The summed E-state index contributed by atoms with van der Waals surface area (Å²) in [5.74, 6) is -0.452. The lowest BCUT2D eigenvalue weighted by molar-refractivity contribution is 0.100. The molecule has 0 atom stereocenters. The van der Waals surface area contributed by atoms with Crippen molar-refractivity contribution in [2.24, 2.45) is 5.73 Å². The van der Waals surface area contributed by atoms with Crippen LogP contribution in [0.5, 0.6) is 0 Å². The van der Waals surface area contributed by atoms with Gasteiger partial charge in [0, 0.05) is 31.9 Å². The molecule has 1 fully saturated rings. The third-order valence-electron chi connectivity index (χ3n) is 3.68. The molecular weight excluding hydrogens is 284 g/mol. The standard InChI is InChI=1S/C15H18N4OS/c16-12-10-13(21-14(12)15(17)20)19-8-6-18(7-9-19)11-4-2-1-3-5-11/h1-5,10H,6-9,16H2,(H2,17,20). The van der Waals surface area contributed by atoms with Crippen molar-refractivity contribution in [3.05, 3.63) is 41.3 Å². The van der Waals surface area contributed by atoms with Crippen LogP contribution >= 0.6 is 11.3 Å². The lowest BCUT2D eigenvalue weighted by atomic mass is 10.2. The Bertz CT molecular complexity index is 632. The van der Waals surface area contributed by atoms with Crippen LogP contribution in [-0.4, -0.2) is 32.1 Å². The molecular formula is C15H18N4OS. The van der Waals surface area contributed by atoms with Crippen LogP contribution in [0, 0.1) is 0 Å². The van der Waals surface area contributed by atoms with Gasteiger partial charge in [-0.15, -0.1) is 11.3 Å². The fourth-order valence-corrected chi connectivity index (χ4v) is 3.55. The Hall–Kier alpha value is -2.21. The van der Waals surface area contributed by atoms with Crippen LogP contribution in [0.3, 0.4) is 0 Å². The molecule has 0 aliphatic carbocycles. The number of piperazine rings is 1. The van der Waals surface area contributed by atoms with Gasteiger partial charge in [-0.25, -0.2) is 0 Å². The van der Waals surface area contributed by atoms with Gasteiger partial charge in [0.15, 0.2) is 0 Å². The number of para-hydroxylation sites is 1. The number of carbonyl (C=O) groups is 1. The van der Waals surface area contributed by atoms with Crippen molar-refractivity contribution in [2.75, 3.05) is 41.7 Å². The molecule has 5 nitrogen and oxygen atoms in total. The SMILES string of the molecule is NC(=O)c1sc(N2CCN(c3ccccc3)CC2)cc1N. The molecule has 21 heavy (non-hydrogen) atoms. The number of nitrogens with zero attached hydrogens (tertiary/aromatic N) is 2. The molecule has 3 rings (SSSR count). The smallest absolute Gasteiger partial charge is 0.260 e. The molecule has 1 saturated heterocycles. The van der Waals surface area contributed by atoms with Gasteiger partial charge in [-0.1, -0.05) is 18.2 Å². The van der Waals surface area contributed by atoms with Crippen molar-refractivity contribution in [2.45, 2.75) is 0 Å². The van der Waals surface area contributed by atoms with E-state index in [0.29, 0.717) is 10.6 Å². The maximum Gasteiger partial charge on any atom is 0.260 e. The minimum Gasteiger partial charge on any atom is -0.397 e. The van der Waals surface area contributed by atoms with Crippen LogP contribution in [0.1, 0.15) is 9.67 Å². The van der Waals surface area contributed by atoms with Gasteiger partial charge in [0.05, 0.1) is 10.7 Å². The average Bonchev–Trinajstić information content (AvgIpc) is 2.90. The molecule has 1 aromatic carbocycles. The van der Waals surface area contributed by atoms with Crippen LogP contribution in [0.2, 0.25) is 0 Å². The van der Waals surface area contributed by atoms with E-state index in [-0.39, 0.29) is 0 Å². The largest absolute Gasteiger partial charge is 0.397 e. The molecule has 1 amide bonds. The lowest BCUT2D eigenvalue weighted by Gasteiger charge is -2.36. The lowest BCUT2D eigenvalue weighted by Crippen LogP contribution is -2.46. The molecule has 2 heterocycles. The Labute approximate surface area is 127 Å². The van der Waals surface area contributed by atoms with Crippen molar-refractivity contribution < 1.29 is 4.79 Å². The van der Waals surface area contributed by atoms with Crippen LogP contribution in [-0.2, 0) is 0 Å². The molecule has 1 aliphatic heterocycles. The number of amides is 1.